The van der Waals surface area contributed by atoms with Gasteiger partial charge in [0.15, 0.2) is 0 Å². The van der Waals surface area contributed by atoms with Crippen molar-refractivity contribution in [2.75, 3.05) is 4.72 Å². The summed E-state index contributed by atoms with van der Waals surface area (Å²) in [5, 5.41) is 3.30. The van der Waals surface area contributed by atoms with Crippen molar-refractivity contribution in [1.29, 1.82) is 0 Å². The summed E-state index contributed by atoms with van der Waals surface area (Å²) in [7, 11) is -3.73. The van der Waals surface area contributed by atoms with Crippen molar-refractivity contribution >= 4 is 33.2 Å². The van der Waals surface area contributed by atoms with Crippen LogP contribution < -0.4 is 10.0 Å². The van der Waals surface area contributed by atoms with Gasteiger partial charge in [-0.3, -0.25) is 9.52 Å². The number of amides is 1. The highest BCUT2D eigenvalue weighted by Crippen LogP contribution is 2.44. The van der Waals surface area contributed by atoms with E-state index in [0.29, 0.717) is 11.5 Å². The normalized spacial score (nSPS) is 24.0. The van der Waals surface area contributed by atoms with Crippen molar-refractivity contribution in [3.05, 3.63) is 59.1 Å². The van der Waals surface area contributed by atoms with E-state index >= 15 is 0 Å². The molecule has 0 spiro atoms. The van der Waals surface area contributed by atoms with Crippen LogP contribution in [0.15, 0.2) is 53.4 Å². The van der Waals surface area contributed by atoms with E-state index in [-0.39, 0.29) is 27.6 Å². The second-order valence-electron chi connectivity index (χ2n) is 7.37. The number of benzene rings is 2. The van der Waals surface area contributed by atoms with Crippen LogP contribution in [0.4, 0.5) is 5.69 Å². The second-order valence-corrected chi connectivity index (χ2v) is 9.46. The number of sulfonamides is 1. The molecular weight excluding hydrogens is 384 g/mol. The molecule has 2 N–H and O–H groups in total. The Kier molecular flexibility index (Phi) is 4.86. The molecule has 2 aromatic carbocycles. The number of anilines is 1. The Morgan fingerprint density at radius 1 is 1.04 bits per heavy atom. The zero-order valence-corrected chi connectivity index (χ0v) is 16.3. The molecule has 1 amide bonds. The first-order valence-electron chi connectivity index (χ1n) is 9.10. The van der Waals surface area contributed by atoms with Gasteiger partial charge in [-0.25, -0.2) is 8.42 Å². The van der Waals surface area contributed by atoms with Crippen molar-refractivity contribution in [1.82, 2.24) is 5.32 Å². The van der Waals surface area contributed by atoms with Crippen LogP contribution in [0.3, 0.4) is 0 Å². The third-order valence-corrected chi connectivity index (χ3v) is 7.28. The molecule has 0 aromatic heterocycles. The van der Waals surface area contributed by atoms with Crippen molar-refractivity contribution in [2.24, 2.45) is 11.8 Å². The monoisotopic (exact) mass is 404 g/mol. The van der Waals surface area contributed by atoms with Gasteiger partial charge in [-0.05, 0) is 61.4 Å². The van der Waals surface area contributed by atoms with Crippen molar-refractivity contribution in [2.45, 2.75) is 36.6 Å². The van der Waals surface area contributed by atoms with Gasteiger partial charge in [-0.1, -0.05) is 36.2 Å². The summed E-state index contributed by atoms with van der Waals surface area (Å²) in [6, 6.07) is 12.9. The average Bonchev–Trinajstić information content (AvgIpc) is 3.27. The summed E-state index contributed by atoms with van der Waals surface area (Å²) in [6.07, 6.45) is 4.74. The van der Waals surface area contributed by atoms with E-state index in [2.05, 4.69) is 10.0 Å². The fraction of sp³-hybridized carbons (Fsp3) is 0.350. The fourth-order valence-corrected chi connectivity index (χ4v) is 5.60. The Bertz CT molecular complexity index is 962. The van der Waals surface area contributed by atoms with Gasteiger partial charge in [0.25, 0.3) is 15.9 Å². The number of halogens is 1. The SMILES string of the molecule is O=C(N[C@@H]1C[C@@H]2CC[C@@H]1C2)c1ccc(NS(=O)(=O)c2ccccc2)c(Cl)c1. The van der Waals surface area contributed by atoms with Crippen LogP contribution in [0.5, 0.6) is 0 Å². The summed E-state index contributed by atoms with van der Waals surface area (Å²) < 4.78 is 27.3. The lowest BCUT2D eigenvalue weighted by Gasteiger charge is -2.23. The number of hydrogen-bond acceptors (Lipinski definition) is 3. The fourth-order valence-electron chi connectivity index (χ4n) is 4.22. The topological polar surface area (TPSA) is 75.3 Å². The van der Waals surface area contributed by atoms with Gasteiger partial charge in [0.2, 0.25) is 0 Å². The van der Waals surface area contributed by atoms with E-state index in [9.17, 15) is 13.2 Å². The van der Waals surface area contributed by atoms with Gasteiger partial charge in [0.05, 0.1) is 15.6 Å². The van der Waals surface area contributed by atoms with E-state index in [1.54, 1.807) is 24.3 Å². The Labute approximate surface area is 164 Å². The lowest BCUT2D eigenvalue weighted by molar-refractivity contribution is 0.0923. The van der Waals surface area contributed by atoms with Gasteiger partial charge < -0.3 is 5.32 Å². The zero-order chi connectivity index (χ0) is 19.0. The molecule has 0 saturated heterocycles. The molecule has 2 aliphatic carbocycles. The predicted octanol–water partition coefficient (Wildman–Crippen LogP) is 4.06. The Morgan fingerprint density at radius 3 is 2.44 bits per heavy atom. The Balaban J connectivity index is 1.47. The molecule has 142 valence electrons. The standard InChI is InChI=1S/C20H21ClN2O3S/c21-17-12-15(20(24)22-19-11-13-6-7-14(19)10-13)8-9-18(17)23-27(25,26)16-4-2-1-3-5-16/h1-5,8-9,12-14,19,23H,6-7,10-11H2,(H,22,24)/t13-,14-,19-/m1/s1. The largest absolute Gasteiger partial charge is 0.349 e. The minimum absolute atomic E-state index is 0.152. The number of carbonyl (C=O) groups is 1. The maximum atomic E-state index is 12.5. The third-order valence-electron chi connectivity index (χ3n) is 5.58. The number of carbonyl (C=O) groups excluding carboxylic acids is 1. The molecule has 0 heterocycles. The molecule has 7 heteroatoms. The maximum absolute atomic E-state index is 12.5. The molecule has 2 aliphatic rings. The van der Waals surface area contributed by atoms with Gasteiger partial charge >= 0.3 is 0 Å². The number of rotatable bonds is 5. The molecule has 2 bridgehead atoms. The third kappa shape index (κ3) is 3.82. The van der Waals surface area contributed by atoms with E-state index in [1.807, 2.05) is 0 Å². The Morgan fingerprint density at radius 2 is 1.81 bits per heavy atom. The minimum Gasteiger partial charge on any atom is -0.349 e. The van der Waals surface area contributed by atoms with Gasteiger partial charge in [-0.15, -0.1) is 0 Å². The number of nitrogens with one attached hydrogen (secondary N) is 2. The van der Waals surface area contributed by atoms with Crippen molar-refractivity contribution in [3.8, 4) is 0 Å². The van der Waals surface area contributed by atoms with E-state index in [4.69, 9.17) is 11.6 Å². The highest BCUT2D eigenvalue weighted by atomic mass is 35.5. The molecule has 0 radical (unpaired) electrons. The molecule has 4 rings (SSSR count). The first-order valence-corrected chi connectivity index (χ1v) is 11.0. The van der Waals surface area contributed by atoms with Crippen LogP contribution in [0, 0.1) is 11.8 Å². The smallest absolute Gasteiger partial charge is 0.261 e. The van der Waals surface area contributed by atoms with Crippen LogP contribution >= 0.6 is 11.6 Å². The van der Waals surface area contributed by atoms with Gasteiger partial charge in [0, 0.05) is 11.6 Å². The Hall–Kier alpha value is -2.05. The molecule has 0 aliphatic heterocycles. The lowest BCUT2D eigenvalue weighted by Crippen LogP contribution is -2.38. The molecule has 2 saturated carbocycles. The maximum Gasteiger partial charge on any atom is 0.261 e. The molecule has 27 heavy (non-hydrogen) atoms. The molecular formula is C20H21ClN2O3S. The van der Waals surface area contributed by atoms with Gasteiger partial charge in [-0.2, -0.15) is 0 Å². The van der Waals surface area contributed by atoms with Crippen molar-refractivity contribution < 1.29 is 13.2 Å². The molecule has 2 fully saturated rings. The first-order chi connectivity index (χ1) is 12.9. The van der Waals surface area contributed by atoms with Crippen molar-refractivity contribution in [3.63, 3.8) is 0 Å². The zero-order valence-electron chi connectivity index (χ0n) is 14.7. The molecule has 2 aromatic rings. The second kappa shape index (κ2) is 7.17. The summed E-state index contributed by atoms with van der Waals surface area (Å²) in [5.41, 5.74) is 0.683. The quantitative estimate of drug-likeness (QED) is 0.789. The highest BCUT2D eigenvalue weighted by Gasteiger charge is 2.40. The van der Waals surface area contributed by atoms with Crippen LogP contribution in [0.2, 0.25) is 5.02 Å². The summed E-state index contributed by atoms with van der Waals surface area (Å²) in [5.74, 6) is 1.18. The first kappa shape index (κ1) is 18.3. The van der Waals surface area contributed by atoms with Crippen LogP contribution in [0.25, 0.3) is 0 Å². The van der Waals surface area contributed by atoms with Gasteiger partial charge in [0.1, 0.15) is 0 Å². The molecule has 3 atom stereocenters. The molecule has 5 nitrogen and oxygen atoms in total. The van der Waals surface area contributed by atoms with E-state index in [0.717, 1.165) is 12.3 Å². The molecule has 0 unspecified atom stereocenters. The van der Waals surface area contributed by atoms with Crippen LogP contribution in [-0.4, -0.2) is 20.4 Å². The minimum atomic E-state index is -3.73. The van der Waals surface area contributed by atoms with E-state index in [1.165, 1.54) is 43.5 Å². The average molecular weight is 405 g/mol. The van der Waals surface area contributed by atoms with E-state index < -0.39 is 10.0 Å². The summed E-state index contributed by atoms with van der Waals surface area (Å²) in [4.78, 5) is 12.7. The predicted molar refractivity (Wildman–Crippen MR) is 105 cm³/mol. The number of fused-ring (bicyclic) bond motifs is 2. The summed E-state index contributed by atoms with van der Waals surface area (Å²) >= 11 is 6.24. The lowest BCUT2D eigenvalue weighted by atomic mass is 9.95. The number of hydrogen-bond donors (Lipinski definition) is 2. The van der Waals surface area contributed by atoms with Crippen LogP contribution in [0.1, 0.15) is 36.0 Å². The van der Waals surface area contributed by atoms with Crippen LogP contribution in [-0.2, 0) is 10.0 Å². The summed E-state index contributed by atoms with van der Waals surface area (Å²) in [6.45, 7) is 0. The highest BCUT2D eigenvalue weighted by molar-refractivity contribution is 7.92.